The lowest BCUT2D eigenvalue weighted by molar-refractivity contribution is -0.160. The van der Waals surface area contributed by atoms with Crippen molar-refractivity contribution in [2.75, 3.05) is 6.61 Å². The van der Waals surface area contributed by atoms with Gasteiger partial charge in [0.15, 0.2) is 0 Å². The number of phenolic OH excluding ortho intramolecular Hbond substituents is 2. The molecule has 7 heteroatoms. The van der Waals surface area contributed by atoms with Crippen molar-refractivity contribution in [1.29, 1.82) is 0 Å². The number of likely N-dealkylation sites (tertiary alicyclic amines) is 1. The summed E-state index contributed by atoms with van der Waals surface area (Å²) < 4.78 is 5.07. The highest BCUT2D eigenvalue weighted by Crippen LogP contribution is 2.32. The van der Waals surface area contributed by atoms with Gasteiger partial charge in [0, 0.05) is 12.5 Å². The fraction of sp³-hybridized carbons (Fsp3) is 0.526. The van der Waals surface area contributed by atoms with Crippen LogP contribution < -0.4 is 0 Å². The Morgan fingerprint density at radius 1 is 1.31 bits per heavy atom. The van der Waals surface area contributed by atoms with Crippen LogP contribution >= 0.6 is 0 Å². The third-order valence-electron chi connectivity index (χ3n) is 4.80. The number of rotatable bonds is 7. The number of benzene rings is 1. The van der Waals surface area contributed by atoms with Crippen molar-refractivity contribution in [2.45, 2.75) is 46.1 Å². The van der Waals surface area contributed by atoms with Gasteiger partial charge >= 0.3 is 5.97 Å². The minimum atomic E-state index is -0.932. The summed E-state index contributed by atoms with van der Waals surface area (Å²) in [6.07, 6.45) is 0.749. The molecule has 2 rings (SSSR count). The first-order valence-electron chi connectivity index (χ1n) is 8.83. The number of hydrogen-bond acceptors (Lipinski definition) is 6. The smallest absolute Gasteiger partial charge is 0.329 e. The fourth-order valence-electron chi connectivity index (χ4n) is 3.20. The normalized spacial score (nSPS) is 19.5. The molecule has 1 fully saturated rings. The van der Waals surface area contributed by atoms with Crippen molar-refractivity contribution in [2.24, 2.45) is 11.8 Å². The molecule has 2 N–H and O–H groups in total. The molecule has 1 aliphatic heterocycles. The number of aromatic hydroxyl groups is 2. The molecule has 1 heterocycles. The van der Waals surface area contributed by atoms with Gasteiger partial charge in [0.2, 0.25) is 11.8 Å². The predicted octanol–water partition coefficient (Wildman–Crippen LogP) is 1.99. The second-order valence-corrected chi connectivity index (χ2v) is 6.60. The summed E-state index contributed by atoms with van der Waals surface area (Å²) in [5.41, 5.74) is 0.465. The maximum atomic E-state index is 12.8. The van der Waals surface area contributed by atoms with Crippen LogP contribution in [-0.4, -0.2) is 45.5 Å². The number of imide groups is 1. The minimum Gasteiger partial charge on any atom is -0.508 e. The molecule has 2 amide bonds. The third-order valence-corrected chi connectivity index (χ3v) is 4.80. The second-order valence-electron chi connectivity index (χ2n) is 6.60. The molecule has 7 nitrogen and oxygen atoms in total. The van der Waals surface area contributed by atoms with Crippen molar-refractivity contribution in [3.05, 3.63) is 23.8 Å². The Hall–Kier alpha value is -2.57. The molecule has 0 aromatic heterocycles. The Morgan fingerprint density at radius 3 is 2.58 bits per heavy atom. The monoisotopic (exact) mass is 363 g/mol. The summed E-state index contributed by atoms with van der Waals surface area (Å²) >= 11 is 0. The van der Waals surface area contributed by atoms with E-state index in [1.54, 1.807) is 13.8 Å². The van der Waals surface area contributed by atoms with Crippen LogP contribution in [0.5, 0.6) is 11.5 Å². The molecule has 3 atom stereocenters. The first-order valence-corrected chi connectivity index (χ1v) is 8.83. The summed E-state index contributed by atoms with van der Waals surface area (Å²) in [4.78, 5) is 38.7. The van der Waals surface area contributed by atoms with Crippen LogP contribution in [0.4, 0.5) is 0 Å². The molecule has 1 aliphatic rings. The van der Waals surface area contributed by atoms with E-state index in [4.69, 9.17) is 4.74 Å². The number of ether oxygens (including phenoxy) is 1. The molecule has 3 unspecified atom stereocenters. The highest BCUT2D eigenvalue weighted by Gasteiger charge is 2.46. The first kappa shape index (κ1) is 19.8. The molecule has 0 radical (unpaired) electrons. The van der Waals surface area contributed by atoms with E-state index in [0.717, 1.165) is 4.90 Å². The molecular formula is C19H25NO6. The van der Waals surface area contributed by atoms with Crippen molar-refractivity contribution >= 4 is 17.8 Å². The summed E-state index contributed by atoms with van der Waals surface area (Å²) in [6, 6.07) is 3.19. The Balaban J connectivity index is 2.24. The number of hydrogen-bond donors (Lipinski definition) is 2. The van der Waals surface area contributed by atoms with Gasteiger partial charge in [0.25, 0.3) is 0 Å². The van der Waals surface area contributed by atoms with Crippen LogP contribution in [0.2, 0.25) is 0 Å². The van der Waals surface area contributed by atoms with Crippen molar-refractivity contribution in [3.8, 4) is 11.5 Å². The van der Waals surface area contributed by atoms with Crippen molar-refractivity contribution in [3.63, 3.8) is 0 Å². The van der Waals surface area contributed by atoms with E-state index >= 15 is 0 Å². The molecule has 1 aromatic rings. The van der Waals surface area contributed by atoms with Gasteiger partial charge in [0.05, 0.1) is 12.5 Å². The van der Waals surface area contributed by atoms with Crippen molar-refractivity contribution < 1.29 is 29.3 Å². The van der Waals surface area contributed by atoms with Crippen LogP contribution in [-0.2, 0) is 25.5 Å². The van der Waals surface area contributed by atoms with E-state index in [-0.39, 0.29) is 36.9 Å². The number of carbonyl (C=O) groups is 3. The van der Waals surface area contributed by atoms with Crippen LogP contribution in [0.3, 0.4) is 0 Å². The average molecular weight is 363 g/mol. The van der Waals surface area contributed by atoms with Gasteiger partial charge in [-0.3, -0.25) is 14.5 Å². The van der Waals surface area contributed by atoms with Gasteiger partial charge in [-0.1, -0.05) is 26.3 Å². The lowest BCUT2D eigenvalue weighted by Crippen LogP contribution is -2.49. The number of carbonyl (C=O) groups excluding carboxylic acids is 3. The Kier molecular flexibility index (Phi) is 6.23. The maximum Gasteiger partial charge on any atom is 0.329 e. The molecule has 0 spiro atoms. The highest BCUT2D eigenvalue weighted by molar-refractivity contribution is 6.06. The summed E-state index contributed by atoms with van der Waals surface area (Å²) in [5, 5.41) is 19.3. The van der Waals surface area contributed by atoms with Gasteiger partial charge in [-0.25, -0.2) is 4.79 Å². The molecule has 26 heavy (non-hydrogen) atoms. The predicted molar refractivity (Wildman–Crippen MR) is 93.3 cm³/mol. The molecular weight excluding hydrogens is 338 g/mol. The van der Waals surface area contributed by atoms with Crippen LogP contribution in [0.1, 0.15) is 39.2 Å². The van der Waals surface area contributed by atoms with E-state index in [9.17, 15) is 24.6 Å². The highest BCUT2D eigenvalue weighted by atomic mass is 16.5. The van der Waals surface area contributed by atoms with Gasteiger partial charge in [0.1, 0.15) is 17.5 Å². The van der Waals surface area contributed by atoms with Crippen molar-refractivity contribution in [1.82, 2.24) is 4.90 Å². The minimum absolute atomic E-state index is 0.0223. The van der Waals surface area contributed by atoms with E-state index in [0.29, 0.717) is 12.0 Å². The lowest BCUT2D eigenvalue weighted by atomic mass is 9.96. The van der Waals surface area contributed by atoms with Gasteiger partial charge < -0.3 is 14.9 Å². The quantitative estimate of drug-likeness (QED) is 0.567. The molecule has 0 aliphatic carbocycles. The molecule has 1 saturated heterocycles. The maximum absolute atomic E-state index is 12.8. The number of amides is 2. The molecule has 142 valence electrons. The van der Waals surface area contributed by atoms with Gasteiger partial charge in [-0.15, -0.1) is 0 Å². The van der Waals surface area contributed by atoms with Crippen LogP contribution in [0.15, 0.2) is 18.2 Å². The average Bonchev–Trinajstić information content (AvgIpc) is 2.85. The molecule has 1 aromatic carbocycles. The second kappa shape index (κ2) is 8.21. The van der Waals surface area contributed by atoms with Crippen LogP contribution in [0.25, 0.3) is 0 Å². The Bertz CT molecular complexity index is 701. The van der Waals surface area contributed by atoms with E-state index in [1.165, 1.54) is 18.2 Å². The fourth-order valence-corrected chi connectivity index (χ4v) is 3.20. The van der Waals surface area contributed by atoms with Crippen LogP contribution in [0, 0.1) is 11.8 Å². The zero-order valence-corrected chi connectivity index (χ0v) is 15.3. The van der Waals surface area contributed by atoms with E-state index < -0.39 is 29.7 Å². The third kappa shape index (κ3) is 3.98. The standard InChI is InChI=1S/C19H25NO6/c1-4-11(3)17(19(25)26-5-2)20-16(23)9-13(18(20)24)8-12-6-7-14(21)10-15(12)22/h6-7,10-11,13,17,21-22H,4-5,8-9H2,1-3H3. The zero-order valence-electron chi connectivity index (χ0n) is 15.3. The van der Waals surface area contributed by atoms with E-state index in [1.807, 2.05) is 6.92 Å². The van der Waals surface area contributed by atoms with E-state index in [2.05, 4.69) is 0 Å². The number of phenols is 2. The Morgan fingerprint density at radius 2 is 2.00 bits per heavy atom. The molecule has 0 saturated carbocycles. The lowest BCUT2D eigenvalue weighted by Gasteiger charge is -2.29. The first-order chi connectivity index (χ1) is 12.3. The number of esters is 1. The Labute approximate surface area is 152 Å². The zero-order chi connectivity index (χ0) is 19.4. The SMILES string of the molecule is CCOC(=O)C(C(C)CC)N1C(=O)CC(Cc2ccc(O)cc2O)C1=O. The number of nitrogens with zero attached hydrogens (tertiary/aromatic N) is 1. The summed E-state index contributed by atoms with van der Waals surface area (Å²) in [7, 11) is 0. The van der Waals surface area contributed by atoms with Gasteiger partial charge in [-0.05, 0) is 30.9 Å². The summed E-state index contributed by atoms with van der Waals surface area (Å²) in [6.45, 7) is 5.54. The topological polar surface area (TPSA) is 104 Å². The molecule has 0 bridgehead atoms. The largest absolute Gasteiger partial charge is 0.508 e. The van der Waals surface area contributed by atoms with Gasteiger partial charge in [-0.2, -0.15) is 0 Å². The summed E-state index contributed by atoms with van der Waals surface area (Å²) in [5.74, 6) is -2.50.